The summed E-state index contributed by atoms with van der Waals surface area (Å²) < 4.78 is 9.93. The molecule has 6 heteroatoms. The van der Waals surface area contributed by atoms with Crippen LogP contribution in [0.2, 0.25) is 5.15 Å². The summed E-state index contributed by atoms with van der Waals surface area (Å²) in [4.78, 5) is 27.2. The highest BCUT2D eigenvalue weighted by atomic mass is 35.5. The van der Waals surface area contributed by atoms with Crippen LogP contribution in [0.1, 0.15) is 33.6 Å². The van der Waals surface area contributed by atoms with Crippen LogP contribution in [0.5, 0.6) is 0 Å². The second kappa shape index (κ2) is 5.67. The van der Waals surface area contributed by atoms with Crippen molar-refractivity contribution in [3.63, 3.8) is 0 Å². The lowest BCUT2D eigenvalue weighted by Crippen LogP contribution is -2.03. The van der Waals surface area contributed by atoms with E-state index in [1.807, 2.05) is 0 Å². The minimum atomic E-state index is -0.601. The van der Waals surface area contributed by atoms with Crippen molar-refractivity contribution in [2.24, 2.45) is 0 Å². The Balaban J connectivity index is 2.20. The molecule has 98 valence electrons. The van der Waals surface area contributed by atoms with Gasteiger partial charge in [0.05, 0.1) is 6.61 Å². The van der Waals surface area contributed by atoms with Crippen molar-refractivity contribution in [3.05, 3.63) is 52.7 Å². The van der Waals surface area contributed by atoms with Gasteiger partial charge in [-0.2, -0.15) is 0 Å². The van der Waals surface area contributed by atoms with Crippen LogP contribution in [0, 0.1) is 0 Å². The molecule has 0 unspecified atom stereocenters. The molecule has 0 atom stereocenters. The van der Waals surface area contributed by atoms with E-state index >= 15 is 0 Å². The average molecular weight is 280 g/mol. The molecule has 0 aliphatic heterocycles. The Morgan fingerprint density at radius 2 is 2.00 bits per heavy atom. The van der Waals surface area contributed by atoms with E-state index in [0.717, 1.165) is 0 Å². The quantitative estimate of drug-likeness (QED) is 0.489. The molecule has 0 bridgehead atoms. The molecular formula is C13H10ClNO4. The van der Waals surface area contributed by atoms with Gasteiger partial charge in [-0.15, -0.1) is 0 Å². The van der Waals surface area contributed by atoms with E-state index in [1.165, 1.54) is 30.5 Å². The Hall–Kier alpha value is -2.14. The van der Waals surface area contributed by atoms with E-state index in [4.69, 9.17) is 20.8 Å². The lowest BCUT2D eigenvalue weighted by molar-refractivity contribution is 0.0488. The van der Waals surface area contributed by atoms with Crippen LogP contribution in [0.4, 0.5) is 0 Å². The Morgan fingerprint density at radius 1 is 1.26 bits per heavy atom. The Morgan fingerprint density at radius 3 is 2.63 bits per heavy atom. The van der Waals surface area contributed by atoms with Gasteiger partial charge in [0.1, 0.15) is 5.15 Å². The summed E-state index contributed by atoms with van der Waals surface area (Å²) in [7, 11) is 0. The molecule has 0 saturated heterocycles. The number of furan rings is 1. The molecular weight excluding hydrogens is 270 g/mol. The van der Waals surface area contributed by atoms with E-state index in [1.54, 1.807) is 6.92 Å². The first-order valence-corrected chi connectivity index (χ1v) is 5.93. The number of carbonyl (C=O) groups excluding carboxylic acids is 2. The summed E-state index contributed by atoms with van der Waals surface area (Å²) in [6.07, 6.45) is 1.34. The number of rotatable bonds is 4. The van der Waals surface area contributed by atoms with E-state index in [0.29, 0.717) is 10.7 Å². The van der Waals surface area contributed by atoms with Gasteiger partial charge in [0.25, 0.3) is 0 Å². The highest BCUT2D eigenvalue weighted by molar-refractivity contribution is 6.29. The number of carbonyl (C=O) groups is 2. The Kier molecular flexibility index (Phi) is 3.97. The van der Waals surface area contributed by atoms with Crippen molar-refractivity contribution in [2.45, 2.75) is 6.92 Å². The minimum Gasteiger partial charge on any atom is -0.460 e. The van der Waals surface area contributed by atoms with E-state index < -0.39 is 5.97 Å². The van der Waals surface area contributed by atoms with Crippen LogP contribution in [0.25, 0.3) is 0 Å². The third-order valence-electron chi connectivity index (χ3n) is 2.30. The summed E-state index contributed by atoms with van der Waals surface area (Å²) in [6.45, 7) is 1.93. The van der Waals surface area contributed by atoms with Gasteiger partial charge < -0.3 is 9.15 Å². The number of ether oxygens (including phenoxy) is 1. The molecule has 2 aromatic rings. The number of nitrogens with zero attached hydrogens (tertiary/aromatic N) is 1. The fourth-order valence-corrected chi connectivity index (χ4v) is 1.54. The number of aromatic nitrogens is 1. The zero-order valence-corrected chi connectivity index (χ0v) is 10.8. The van der Waals surface area contributed by atoms with Gasteiger partial charge in [-0.1, -0.05) is 11.6 Å². The SMILES string of the molecule is CCOC(=O)c1ccc(C(=O)c2ccc(Cl)nc2)o1. The van der Waals surface area contributed by atoms with Crippen molar-refractivity contribution in [1.29, 1.82) is 0 Å². The molecule has 2 heterocycles. The van der Waals surface area contributed by atoms with Crippen molar-refractivity contribution in [1.82, 2.24) is 4.98 Å². The maximum Gasteiger partial charge on any atom is 0.374 e. The largest absolute Gasteiger partial charge is 0.460 e. The fourth-order valence-electron chi connectivity index (χ4n) is 1.42. The first-order chi connectivity index (χ1) is 9.11. The van der Waals surface area contributed by atoms with Crippen LogP contribution in [0.15, 0.2) is 34.9 Å². The zero-order chi connectivity index (χ0) is 13.8. The van der Waals surface area contributed by atoms with Crippen molar-refractivity contribution < 1.29 is 18.7 Å². The predicted molar refractivity (Wildman–Crippen MR) is 67.3 cm³/mol. The van der Waals surface area contributed by atoms with Gasteiger partial charge in [0.15, 0.2) is 5.76 Å². The molecule has 0 aliphatic carbocycles. The van der Waals surface area contributed by atoms with Gasteiger partial charge in [0.2, 0.25) is 11.5 Å². The molecule has 0 radical (unpaired) electrons. The van der Waals surface area contributed by atoms with Gasteiger partial charge in [0, 0.05) is 11.8 Å². The molecule has 0 aromatic carbocycles. The zero-order valence-electron chi connectivity index (χ0n) is 10.1. The molecule has 0 fully saturated rings. The van der Waals surface area contributed by atoms with Crippen LogP contribution in [0.3, 0.4) is 0 Å². The topological polar surface area (TPSA) is 69.4 Å². The summed E-state index contributed by atoms with van der Waals surface area (Å²) in [5.74, 6) is -0.935. The lowest BCUT2D eigenvalue weighted by atomic mass is 10.1. The number of hydrogen-bond acceptors (Lipinski definition) is 5. The molecule has 19 heavy (non-hydrogen) atoms. The van der Waals surface area contributed by atoms with E-state index in [2.05, 4.69) is 4.98 Å². The Labute approximate surface area is 114 Å². The molecule has 0 saturated carbocycles. The first-order valence-electron chi connectivity index (χ1n) is 5.55. The Bertz CT molecular complexity index is 603. The number of halogens is 1. The molecule has 2 aromatic heterocycles. The van der Waals surface area contributed by atoms with Crippen molar-refractivity contribution in [2.75, 3.05) is 6.61 Å². The fraction of sp³-hybridized carbons (Fsp3) is 0.154. The second-order valence-corrected chi connectivity index (χ2v) is 3.97. The molecule has 0 aliphatic rings. The van der Waals surface area contributed by atoms with Crippen LogP contribution in [-0.2, 0) is 4.74 Å². The maximum absolute atomic E-state index is 12.0. The van der Waals surface area contributed by atoms with Crippen LogP contribution >= 0.6 is 11.6 Å². The van der Waals surface area contributed by atoms with Gasteiger partial charge >= 0.3 is 5.97 Å². The lowest BCUT2D eigenvalue weighted by Gasteiger charge is -1.98. The number of esters is 1. The number of ketones is 1. The third-order valence-corrected chi connectivity index (χ3v) is 2.52. The first kappa shape index (κ1) is 13.3. The van der Waals surface area contributed by atoms with E-state index in [9.17, 15) is 9.59 Å². The summed E-state index contributed by atoms with van der Waals surface area (Å²) in [5.41, 5.74) is 0.328. The average Bonchev–Trinajstić information content (AvgIpc) is 2.89. The smallest absolute Gasteiger partial charge is 0.374 e. The van der Waals surface area contributed by atoms with Crippen molar-refractivity contribution >= 4 is 23.4 Å². The monoisotopic (exact) mass is 279 g/mol. The third kappa shape index (κ3) is 3.00. The van der Waals surface area contributed by atoms with Gasteiger partial charge in [-0.05, 0) is 31.2 Å². The van der Waals surface area contributed by atoms with Gasteiger partial charge in [-0.25, -0.2) is 9.78 Å². The minimum absolute atomic E-state index is 0.00729. The molecule has 5 nitrogen and oxygen atoms in total. The maximum atomic E-state index is 12.0. The summed E-state index contributed by atoms with van der Waals surface area (Å²) in [6, 6.07) is 5.85. The van der Waals surface area contributed by atoms with Crippen LogP contribution < -0.4 is 0 Å². The number of pyridine rings is 1. The normalized spacial score (nSPS) is 10.2. The molecule has 0 N–H and O–H groups in total. The highest BCUT2D eigenvalue weighted by Crippen LogP contribution is 2.15. The highest BCUT2D eigenvalue weighted by Gasteiger charge is 2.18. The molecule has 0 amide bonds. The standard InChI is InChI=1S/C13H10ClNO4/c1-2-18-13(17)10-5-4-9(19-10)12(16)8-3-6-11(14)15-7-8/h3-7H,2H2,1H3. The molecule has 0 spiro atoms. The summed E-state index contributed by atoms with van der Waals surface area (Å²) in [5, 5.41) is 0.295. The van der Waals surface area contributed by atoms with Crippen LogP contribution in [-0.4, -0.2) is 23.3 Å². The molecule has 2 rings (SSSR count). The van der Waals surface area contributed by atoms with Crippen molar-refractivity contribution in [3.8, 4) is 0 Å². The summed E-state index contributed by atoms with van der Waals surface area (Å²) >= 11 is 5.64. The van der Waals surface area contributed by atoms with Gasteiger partial charge in [-0.3, -0.25) is 4.79 Å². The predicted octanol–water partition coefficient (Wildman–Crippen LogP) is 2.74. The number of hydrogen-bond donors (Lipinski definition) is 0. The second-order valence-electron chi connectivity index (χ2n) is 3.58. The van der Waals surface area contributed by atoms with E-state index in [-0.39, 0.29) is 23.9 Å².